The summed E-state index contributed by atoms with van der Waals surface area (Å²) in [6, 6.07) is 0.160. The third-order valence-electron chi connectivity index (χ3n) is 4.93. The number of amides is 2. The molecule has 0 aromatic rings. The van der Waals surface area contributed by atoms with Crippen molar-refractivity contribution in [3.8, 4) is 0 Å². The summed E-state index contributed by atoms with van der Waals surface area (Å²) in [6.45, 7) is 9.54. The van der Waals surface area contributed by atoms with Crippen LogP contribution in [0.5, 0.6) is 0 Å². The fraction of sp³-hybridized carbons (Fsp3) is 0.875. The summed E-state index contributed by atoms with van der Waals surface area (Å²) in [4.78, 5) is 28.9. The van der Waals surface area contributed by atoms with Gasteiger partial charge in [0.2, 0.25) is 11.8 Å². The summed E-state index contributed by atoms with van der Waals surface area (Å²) in [5, 5.41) is 0. The summed E-state index contributed by atoms with van der Waals surface area (Å²) < 4.78 is 0. The fourth-order valence-corrected chi connectivity index (χ4v) is 4.20. The first-order chi connectivity index (χ1) is 9.77. The van der Waals surface area contributed by atoms with Crippen LogP contribution in [0.25, 0.3) is 0 Å². The van der Waals surface area contributed by atoms with Crippen LogP contribution in [-0.4, -0.2) is 52.8 Å². The maximum Gasteiger partial charge on any atom is 0.242 e. The number of piperazine rings is 1. The number of nitrogens with two attached hydrogens (primary N) is 1. The van der Waals surface area contributed by atoms with Crippen molar-refractivity contribution < 1.29 is 9.59 Å². The average Bonchev–Trinajstić information content (AvgIpc) is 2.83. The zero-order valence-corrected chi connectivity index (χ0v) is 15.0. The monoisotopic (exact) mass is 331 g/mol. The Hall–Kier alpha value is -0.810. The molecule has 5 nitrogen and oxygen atoms in total. The van der Waals surface area contributed by atoms with Gasteiger partial charge in [0.25, 0.3) is 0 Å². The molecule has 0 aromatic heterocycles. The Morgan fingerprint density at radius 3 is 2.50 bits per heavy atom. The molecule has 1 aliphatic carbocycles. The highest BCUT2D eigenvalue weighted by atomic mass is 35.5. The van der Waals surface area contributed by atoms with Crippen LogP contribution in [0.3, 0.4) is 0 Å². The van der Waals surface area contributed by atoms with Crippen LogP contribution in [-0.2, 0) is 9.59 Å². The highest BCUT2D eigenvalue weighted by Crippen LogP contribution is 2.34. The van der Waals surface area contributed by atoms with Crippen LogP contribution in [0.2, 0.25) is 0 Å². The summed E-state index contributed by atoms with van der Waals surface area (Å²) in [5.74, 6) is 0.493. The van der Waals surface area contributed by atoms with E-state index in [-0.39, 0.29) is 48.3 Å². The van der Waals surface area contributed by atoms with Gasteiger partial charge in [-0.2, -0.15) is 0 Å². The molecule has 0 unspecified atom stereocenters. The van der Waals surface area contributed by atoms with Crippen LogP contribution in [0.15, 0.2) is 0 Å². The minimum atomic E-state index is -0.310. The van der Waals surface area contributed by atoms with Gasteiger partial charge in [0.15, 0.2) is 0 Å². The lowest BCUT2D eigenvalue weighted by molar-refractivity contribution is -0.157. The first-order valence-electron chi connectivity index (χ1n) is 8.09. The van der Waals surface area contributed by atoms with Crippen LogP contribution >= 0.6 is 12.4 Å². The minimum absolute atomic E-state index is 0. The normalized spacial score (nSPS) is 28.0. The Morgan fingerprint density at radius 1 is 1.36 bits per heavy atom. The smallest absolute Gasteiger partial charge is 0.242 e. The second kappa shape index (κ2) is 7.18. The number of hydrogen-bond donors (Lipinski definition) is 1. The highest BCUT2D eigenvalue weighted by molar-refractivity contribution is 5.88. The van der Waals surface area contributed by atoms with Gasteiger partial charge in [-0.05, 0) is 53.0 Å². The van der Waals surface area contributed by atoms with Gasteiger partial charge in [-0.3, -0.25) is 9.59 Å². The summed E-state index contributed by atoms with van der Waals surface area (Å²) in [7, 11) is 0. The van der Waals surface area contributed by atoms with Crippen LogP contribution < -0.4 is 5.73 Å². The molecule has 6 heteroatoms. The molecule has 0 aromatic carbocycles. The first-order valence-corrected chi connectivity index (χ1v) is 8.09. The van der Waals surface area contributed by atoms with Crippen molar-refractivity contribution in [2.24, 2.45) is 17.6 Å². The van der Waals surface area contributed by atoms with E-state index in [9.17, 15) is 9.59 Å². The van der Waals surface area contributed by atoms with Crippen molar-refractivity contribution in [2.45, 2.75) is 58.5 Å². The number of hydrogen-bond acceptors (Lipinski definition) is 3. The van der Waals surface area contributed by atoms with E-state index in [2.05, 4.69) is 0 Å². The second-order valence-corrected chi connectivity index (χ2v) is 7.40. The zero-order valence-electron chi connectivity index (χ0n) is 14.2. The van der Waals surface area contributed by atoms with E-state index in [0.29, 0.717) is 19.0 Å². The lowest BCUT2D eigenvalue weighted by Crippen LogP contribution is -2.65. The Labute approximate surface area is 140 Å². The van der Waals surface area contributed by atoms with Gasteiger partial charge in [0.05, 0.1) is 12.1 Å². The summed E-state index contributed by atoms with van der Waals surface area (Å²) in [6.07, 6.45) is 3.03. The maximum atomic E-state index is 12.8. The van der Waals surface area contributed by atoms with Crippen molar-refractivity contribution in [1.29, 1.82) is 0 Å². The summed E-state index contributed by atoms with van der Waals surface area (Å²) in [5.41, 5.74) is 5.48. The largest absolute Gasteiger partial charge is 0.332 e. The molecule has 1 aliphatic heterocycles. The van der Waals surface area contributed by atoms with Crippen molar-refractivity contribution in [2.75, 3.05) is 19.6 Å². The molecule has 2 rings (SSSR count). The van der Waals surface area contributed by atoms with E-state index >= 15 is 0 Å². The highest BCUT2D eigenvalue weighted by Gasteiger charge is 2.44. The fourth-order valence-electron chi connectivity index (χ4n) is 4.20. The van der Waals surface area contributed by atoms with E-state index in [1.165, 1.54) is 0 Å². The predicted molar refractivity (Wildman–Crippen MR) is 89.8 cm³/mol. The first kappa shape index (κ1) is 19.2. The maximum absolute atomic E-state index is 12.8. The molecule has 1 heterocycles. The van der Waals surface area contributed by atoms with E-state index in [1.807, 2.05) is 32.6 Å². The number of halogens is 1. The average molecular weight is 332 g/mol. The van der Waals surface area contributed by atoms with E-state index < -0.39 is 0 Å². The van der Waals surface area contributed by atoms with Crippen LogP contribution in [0.1, 0.15) is 47.0 Å². The van der Waals surface area contributed by atoms with Crippen molar-refractivity contribution in [3.05, 3.63) is 0 Å². The van der Waals surface area contributed by atoms with Gasteiger partial charge in [0, 0.05) is 18.5 Å². The number of carbonyl (C=O) groups is 2. The van der Waals surface area contributed by atoms with Gasteiger partial charge in [0.1, 0.15) is 0 Å². The quantitative estimate of drug-likeness (QED) is 0.855. The molecule has 2 atom stereocenters. The molecule has 22 heavy (non-hydrogen) atoms. The molecule has 128 valence electrons. The Balaban J connectivity index is 0.00000242. The Morgan fingerprint density at radius 2 is 2.00 bits per heavy atom. The molecule has 2 fully saturated rings. The summed E-state index contributed by atoms with van der Waals surface area (Å²) >= 11 is 0. The topological polar surface area (TPSA) is 66.6 Å². The molecule has 0 spiro atoms. The number of rotatable bonds is 3. The lowest BCUT2D eigenvalue weighted by Gasteiger charge is -2.49. The predicted octanol–water partition coefficient (Wildman–Crippen LogP) is 1.64. The molecule has 0 radical (unpaired) electrons. The molecule has 2 amide bonds. The number of carbonyl (C=O) groups excluding carboxylic acids is 2. The van der Waals surface area contributed by atoms with Crippen molar-refractivity contribution in [1.82, 2.24) is 9.80 Å². The molecular weight excluding hydrogens is 302 g/mol. The zero-order chi connectivity index (χ0) is 15.8. The third kappa shape index (κ3) is 3.57. The van der Waals surface area contributed by atoms with Crippen molar-refractivity contribution >= 4 is 24.2 Å². The van der Waals surface area contributed by atoms with Crippen LogP contribution in [0, 0.1) is 11.8 Å². The molecule has 0 bridgehead atoms. The van der Waals surface area contributed by atoms with Gasteiger partial charge in [-0.25, -0.2) is 0 Å². The molecule has 2 aliphatic rings. The minimum Gasteiger partial charge on any atom is -0.332 e. The number of nitrogens with zero attached hydrogens (tertiary/aromatic N) is 2. The van der Waals surface area contributed by atoms with Gasteiger partial charge >= 0.3 is 0 Å². The van der Waals surface area contributed by atoms with Gasteiger partial charge in [-0.15, -0.1) is 12.4 Å². The Kier molecular flexibility index (Phi) is 6.27. The van der Waals surface area contributed by atoms with Crippen LogP contribution in [0.4, 0.5) is 0 Å². The second-order valence-electron chi connectivity index (χ2n) is 7.40. The van der Waals surface area contributed by atoms with Crippen molar-refractivity contribution in [3.63, 3.8) is 0 Å². The van der Waals surface area contributed by atoms with E-state index in [0.717, 1.165) is 19.3 Å². The standard InChI is InChI=1S/C16H29N3O2.ClH/c1-11(2)19-14(20)9-18(10-16(19,3)4)15(21)13-7-5-6-12(13)8-17;/h11-13H,5-10,17H2,1-4H3;1H/t12-,13-;/m1./s1. The molecular formula is C16H30ClN3O2. The van der Waals surface area contributed by atoms with E-state index in [4.69, 9.17) is 5.73 Å². The third-order valence-corrected chi connectivity index (χ3v) is 4.93. The molecule has 2 N–H and O–H groups in total. The molecule has 1 saturated carbocycles. The SMILES string of the molecule is CC(C)N1C(=O)CN(C(=O)[C@@H]2CCC[C@@H]2CN)CC1(C)C.Cl. The lowest BCUT2D eigenvalue weighted by atomic mass is 9.91. The van der Waals surface area contributed by atoms with E-state index in [1.54, 1.807) is 4.90 Å². The van der Waals surface area contributed by atoms with Gasteiger partial charge in [-0.1, -0.05) is 6.42 Å². The Bertz CT molecular complexity index is 426. The molecule has 1 saturated heterocycles. The van der Waals surface area contributed by atoms with Gasteiger partial charge < -0.3 is 15.5 Å².